The van der Waals surface area contributed by atoms with E-state index in [1.165, 1.54) is 94.0 Å². The van der Waals surface area contributed by atoms with Gasteiger partial charge in [0.25, 0.3) is 20.2 Å². The highest BCUT2D eigenvalue weighted by atomic mass is 35.7. The van der Waals surface area contributed by atoms with Crippen molar-refractivity contribution in [1.82, 2.24) is 20.0 Å². The third-order valence-electron chi connectivity index (χ3n) is 18.2. The van der Waals surface area contributed by atoms with E-state index in [2.05, 4.69) is 68.3 Å². The molecule has 25 nitrogen and oxygen atoms in total. The summed E-state index contributed by atoms with van der Waals surface area (Å²) in [6.45, 7) is 20.5. The molecule has 0 aliphatic carbocycles. The number of allylic oxidation sites excluding steroid dienone is 1. The van der Waals surface area contributed by atoms with E-state index in [0.717, 1.165) is 82.6 Å². The number of nitrogens with one attached hydrogen (secondary N) is 1. The fourth-order valence-electron chi connectivity index (χ4n) is 12.8. The number of hydrogen-bond acceptors (Lipinski definition) is 25. The summed E-state index contributed by atoms with van der Waals surface area (Å²) in [5.41, 5.74) is 10.3. The number of nitriles is 2. The molecule has 5 N–H and O–H groups in total. The fraction of sp³-hybridized carbons (Fsp3) is 0.605. The van der Waals surface area contributed by atoms with Gasteiger partial charge in [-0.15, -0.1) is 0 Å². The number of esters is 1. The molecule has 4 aromatic carbocycles. The van der Waals surface area contributed by atoms with Crippen molar-refractivity contribution >= 4 is 45.9 Å². The van der Waals surface area contributed by atoms with Crippen LogP contribution in [0.4, 0.5) is 0 Å². The molecule has 8 bridgehead atoms. The summed E-state index contributed by atoms with van der Waals surface area (Å²) in [6, 6.07) is 37.7. The highest BCUT2D eigenvalue weighted by Crippen LogP contribution is 2.31. The first-order valence-corrected chi connectivity index (χ1v) is 41.5. The number of hydrogen-bond donors (Lipinski definition) is 4. The molecule has 0 aromatic heterocycles. The van der Waals surface area contributed by atoms with Crippen molar-refractivity contribution < 1.29 is 81.8 Å². The maximum atomic E-state index is 12.2. The molecule has 586 valence electrons. The average molecular weight is 1540 g/mol. The summed E-state index contributed by atoms with van der Waals surface area (Å²) in [5.74, 6) is -0.404. The van der Waals surface area contributed by atoms with Crippen molar-refractivity contribution in [3.63, 3.8) is 0 Å². The Labute approximate surface area is 629 Å². The van der Waals surface area contributed by atoms with Crippen molar-refractivity contribution in [3.8, 4) is 12.1 Å². The highest BCUT2D eigenvalue weighted by Gasteiger charge is 2.37. The second kappa shape index (κ2) is 47.4. The first-order valence-electron chi connectivity index (χ1n) is 36.3. The first kappa shape index (κ1) is 90.1. The topological polar surface area (TPSA) is 338 Å². The summed E-state index contributed by atoms with van der Waals surface area (Å²) in [4.78, 5) is 17.5. The van der Waals surface area contributed by atoms with Crippen molar-refractivity contribution in [2.45, 2.75) is 215 Å². The van der Waals surface area contributed by atoms with Crippen molar-refractivity contribution in [2.75, 3.05) is 91.1 Å². The van der Waals surface area contributed by atoms with Gasteiger partial charge in [-0.25, -0.2) is 8.42 Å². The largest absolute Gasteiger partial charge is 0.432 e. The van der Waals surface area contributed by atoms with Crippen molar-refractivity contribution in [2.24, 2.45) is 5.73 Å². The number of likely N-dealkylation sites (tertiary alicyclic amines) is 3. The van der Waals surface area contributed by atoms with Crippen LogP contribution in [-0.2, 0) is 88.7 Å². The van der Waals surface area contributed by atoms with Crippen molar-refractivity contribution in [3.05, 3.63) is 151 Å². The van der Waals surface area contributed by atoms with E-state index in [9.17, 15) is 30.0 Å². The SMILES string of the molecule is C1CC2CNCC1O2.CC.CC(=O)O/C=C(\C#N)N1CC2CCC(C1)O2.CCS(=O)(=O)Cl.Cc1ccc(S(=O)(=O)OCC2CCC(COS(=O)(=O)c3ccc(C)cc3)O2)cc1.N#CCN1CC2CCC(C1)O2.NCc1ccccc1.OCC1CCC(CO)O1.[CH3-].c1ccc(CN2CC3CCC(C2)O3)cc1. The molecule has 29 heteroatoms. The lowest BCUT2D eigenvalue weighted by Gasteiger charge is -2.32. The Morgan fingerprint density at radius 1 is 0.562 bits per heavy atom. The molecule has 10 aliphatic heterocycles. The lowest BCUT2D eigenvalue weighted by atomic mass is 10.2. The third kappa shape index (κ3) is 33.5. The Hall–Kier alpha value is -5.55. The van der Waals surface area contributed by atoms with Crippen LogP contribution in [0.2, 0.25) is 0 Å². The van der Waals surface area contributed by atoms with Gasteiger partial charge in [0.2, 0.25) is 9.05 Å². The molecule has 10 aliphatic rings. The summed E-state index contributed by atoms with van der Waals surface area (Å²) in [5, 5.41) is 37.9. The molecule has 12 atom stereocenters. The number of aliphatic hydroxyl groups is 2. The van der Waals surface area contributed by atoms with E-state index in [1.54, 1.807) is 24.3 Å². The molecule has 0 amide bonds. The Kier molecular flexibility index (Phi) is 40.7. The van der Waals surface area contributed by atoms with Crippen LogP contribution in [0, 0.1) is 43.9 Å². The van der Waals surface area contributed by atoms with Crippen LogP contribution >= 0.6 is 10.7 Å². The second-order valence-electron chi connectivity index (χ2n) is 26.5. The molecule has 14 rings (SSSR count). The molecule has 12 unspecified atom stereocenters. The highest BCUT2D eigenvalue weighted by molar-refractivity contribution is 8.13. The second-order valence-corrected chi connectivity index (χ2v) is 32.8. The fourth-order valence-corrected chi connectivity index (χ4v) is 14.6. The van der Waals surface area contributed by atoms with Crippen LogP contribution in [0.15, 0.2) is 131 Å². The van der Waals surface area contributed by atoms with Crippen LogP contribution in [0.5, 0.6) is 0 Å². The number of benzene rings is 4. The van der Waals surface area contributed by atoms with Crippen molar-refractivity contribution in [1.29, 1.82) is 10.5 Å². The minimum Gasteiger partial charge on any atom is -0.432 e. The van der Waals surface area contributed by atoms with E-state index in [1.807, 2.05) is 62.9 Å². The number of ether oxygens (including phenoxy) is 7. The van der Waals surface area contributed by atoms with Gasteiger partial charge in [-0.05, 0) is 126 Å². The maximum Gasteiger partial charge on any atom is 0.307 e. The number of carbonyl (C=O) groups excluding carboxylic acids is 1. The lowest BCUT2D eigenvalue weighted by Crippen LogP contribution is -2.42. The minimum atomic E-state index is -3.86. The van der Waals surface area contributed by atoms with E-state index in [4.69, 9.17) is 68.0 Å². The van der Waals surface area contributed by atoms with E-state index >= 15 is 0 Å². The standard InChI is InChI=1S/C20H24O7S2.C13H17NO.C11H14N2O3.C8H12N2O.C7H9N.C6H11NO.C6H12O3.C2H5ClO2S.C2H6.CH3/c1-15-3-9-19(10-4-15)28(21,22)25-13-17-7-8-18(27-17)14-26-29(23,24)20-11-5-16(2)6-12-20;1-2-4-11(5-3-1)8-14-9-12-6-7-13(10-14)15-12;1-8(14)15-7-9(4-12)13-5-10-2-3-11(6-13)16-10;9-3-4-10-5-7-1-2-8(6-10)11-7;8-6-7-4-2-1-3-5-7;1-2-6-4-7-3-5(1)8-6;7-3-5-1-2-6(4-8)9-5;1-2-6(3,4)5;1-2;/h3-6,9-12,17-18H,7-8,13-14H2,1-2H3;1-5,12-13H,6-10H2;7,10-11H,2-3,5-6H2,1H3;7-8H,1-2,4-6H2;1-5H,6,8H2;5-7H,1-4H2;5-8H,1-4H2;2H2,1H3;1-2H3;1H3/q;;;;;;;;;-1/b;;9-7+;;;;;;;. The zero-order chi connectivity index (χ0) is 75.5. The Bertz CT molecular complexity index is 3460. The molecule has 10 saturated heterocycles. The average Bonchev–Trinajstić information content (AvgIpc) is 1.80. The summed E-state index contributed by atoms with van der Waals surface area (Å²) in [6.07, 6.45) is 16.1. The molecular weight excluding hydrogens is 1430 g/mol. The van der Waals surface area contributed by atoms with Gasteiger partial charge in [0.05, 0.1) is 128 Å². The van der Waals surface area contributed by atoms with Gasteiger partial charge in [-0.2, -0.15) is 27.4 Å². The number of rotatable bonds is 17. The molecule has 0 spiro atoms. The summed E-state index contributed by atoms with van der Waals surface area (Å²) in [7, 11) is -6.23. The normalized spacial score (nSPS) is 26.1. The van der Waals surface area contributed by atoms with Gasteiger partial charge < -0.3 is 66.7 Å². The van der Waals surface area contributed by atoms with Gasteiger partial charge in [-0.3, -0.25) is 23.0 Å². The molecule has 10 fully saturated rings. The predicted molar refractivity (Wildman–Crippen MR) is 401 cm³/mol. The number of carbonyl (C=O) groups is 1. The summed E-state index contributed by atoms with van der Waals surface area (Å²) < 4.78 is 117. The van der Waals surface area contributed by atoms with E-state index in [0.29, 0.717) is 81.3 Å². The van der Waals surface area contributed by atoms with Gasteiger partial charge >= 0.3 is 5.97 Å². The Morgan fingerprint density at radius 3 is 1.27 bits per heavy atom. The van der Waals surface area contributed by atoms with Gasteiger partial charge in [0.15, 0.2) is 5.70 Å². The number of fused-ring (bicyclic) bond motifs is 8. The molecule has 0 saturated carbocycles. The monoisotopic (exact) mass is 1540 g/mol. The Balaban J connectivity index is 0.000000226. The van der Waals surface area contributed by atoms with Crippen LogP contribution < -0.4 is 11.1 Å². The number of aliphatic hydroxyl groups excluding tert-OH is 2. The quantitative estimate of drug-likeness (QED) is 0.0146. The van der Waals surface area contributed by atoms with Gasteiger partial charge in [0, 0.05) is 83.1 Å². The smallest absolute Gasteiger partial charge is 0.307 e. The van der Waals surface area contributed by atoms with Gasteiger partial charge in [0.1, 0.15) is 12.3 Å². The Morgan fingerprint density at radius 2 is 0.924 bits per heavy atom. The maximum absolute atomic E-state index is 12.2. The number of morpholine rings is 4. The molecule has 0 radical (unpaired) electrons. The zero-order valence-electron chi connectivity index (χ0n) is 62.0. The first-order chi connectivity index (χ1) is 49.9. The van der Waals surface area contributed by atoms with Crippen LogP contribution in [0.25, 0.3) is 0 Å². The molecule has 105 heavy (non-hydrogen) atoms. The number of nitrogens with zero attached hydrogens (tertiary/aromatic N) is 5. The minimum absolute atomic E-state index is 0. The molecule has 4 aromatic rings. The number of aryl methyl sites for hydroxylation is 2. The third-order valence-corrected chi connectivity index (χ3v) is 22.2. The predicted octanol–water partition coefficient (Wildman–Crippen LogP) is 9.01. The molecular formula is C76H113ClN7O18S3-. The zero-order valence-corrected chi connectivity index (χ0v) is 65.2. The van der Waals surface area contributed by atoms with Crippen LogP contribution in [-0.4, -0.2) is 220 Å². The van der Waals surface area contributed by atoms with Gasteiger partial charge in [-0.1, -0.05) is 117 Å². The molecule has 10 heterocycles. The number of nitrogens with two attached hydrogens (primary N) is 1. The lowest BCUT2D eigenvalue weighted by molar-refractivity contribution is -0.135. The van der Waals surface area contributed by atoms with Crippen LogP contribution in [0.3, 0.4) is 0 Å². The van der Waals surface area contributed by atoms with E-state index in [-0.39, 0.29) is 73.8 Å². The van der Waals surface area contributed by atoms with Crippen LogP contribution in [0.1, 0.15) is 127 Å². The van der Waals surface area contributed by atoms with E-state index < -0.39 is 47.5 Å². The number of halogens is 1. The summed E-state index contributed by atoms with van der Waals surface area (Å²) >= 11 is 0.